The van der Waals surface area contributed by atoms with E-state index in [0.717, 1.165) is 22.8 Å². The molecule has 1 aromatic heterocycles. The Labute approximate surface area is 136 Å². The van der Waals surface area contributed by atoms with E-state index in [9.17, 15) is 4.79 Å². The van der Waals surface area contributed by atoms with Crippen LogP contribution in [0.25, 0.3) is 0 Å². The van der Waals surface area contributed by atoms with Crippen LogP contribution in [0.2, 0.25) is 0 Å². The second-order valence-electron chi connectivity index (χ2n) is 6.21. The zero-order valence-electron chi connectivity index (χ0n) is 13.9. The first-order valence-electron chi connectivity index (χ1n) is 7.93. The Bertz CT molecular complexity index is 713. The number of hydrogen-bond acceptors (Lipinski definition) is 4. The van der Waals surface area contributed by atoms with Crippen LogP contribution in [0, 0.1) is 12.8 Å². The smallest absolute Gasteiger partial charge is 0.224 e. The highest BCUT2D eigenvalue weighted by Gasteiger charge is 2.37. The van der Waals surface area contributed by atoms with Gasteiger partial charge >= 0.3 is 0 Å². The maximum Gasteiger partial charge on any atom is 0.224 e. The van der Waals surface area contributed by atoms with Gasteiger partial charge in [0.25, 0.3) is 0 Å². The van der Waals surface area contributed by atoms with Crippen LogP contribution in [0.3, 0.4) is 0 Å². The number of rotatable bonds is 2. The summed E-state index contributed by atoms with van der Waals surface area (Å²) >= 11 is 0. The van der Waals surface area contributed by atoms with Gasteiger partial charge in [-0.05, 0) is 25.5 Å². The average Bonchev–Trinajstić information content (AvgIpc) is 2.53. The molecule has 1 amide bonds. The third kappa shape index (κ3) is 2.79. The minimum Gasteiger partial charge on any atom is -0.362 e. The standard InChI is InChI=1S/C18H22N4O/c1-11-9-20-17(10-19-11)21-18-12(2)13(3)22(14(4)23)16-8-6-5-7-15(16)18/h5-10,12-13,18H,1-4H3,(H,20,21)/t12-,13-,18?/m0/s1. The third-order valence-electron chi connectivity index (χ3n) is 4.65. The van der Waals surface area contributed by atoms with E-state index in [0.29, 0.717) is 0 Å². The Balaban J connectivity index is 2.01. The van der Waals surface area contributed by atoms with E-state index in [1.807, 2.05) is 30.0 Å². The molecule has 0 bridgehead atoms. The van der Waals surface area contributed by atoms with Gasteiger partial charge in [0.1, 0.15) is 5.82 Å². The van der Waals surface area contributed by atoms with Crippen molar-refractivity contribution in [3.8, 4) is 0 Å². The second kappa shape index (κ2) is 5.99. The Morgan fingerprint density at radius 2 is 1.91 bits per heavy atom. The maximum absolute atomic E-state index is 12.1. The monoisotopic (exact) mass is 310 g/mol. The van der Waals surface area contributed by atoms with Crippen LogP contribution in [0.5, 0.6) is 0 Å². The number of carbonyl (C=O) groups excluding carboxylic acids is 1. The summed E-state index contributed by atoms with van der Waals surface area (Å²) in [5, 5.41) is 3.49. The summed E-state index contributed by atoms with van der Waals surface area (Å²) in [6.45, 7) is 7.80. The molecular weight excluding hydrogens is 288 g/mol. The van der Waals surface area contributed by atoms with Crippen molar-refractivity contribution in [2.75, 3.05) is 10.2 Å². The molecule has 1 aliphatic rings. The van der Waals surface area contributed by atoms with Gasteiger partial charge in [0.15, 0.2) is 0 Å². The molecule has 0 fully saturated rings. The number of hydrogen-bond donors (Lipinski definition) is 1. The van der Waals surface area contributed by atoms with Crippen molar-refractivity contribution in [3.63, 3.8) is 0 Å². The summed E-state index contributed by atoms with van der Waals surface area (Å²) in [5.74, 6) is 1.08. The first-order chi connectivity index (χ1) is 11.0. The number of fused-ring (bicyclic) bond motifs is 1. The van der Waals surface area contributed by atoms with Gasteiger partial charge in [0, 0.05) is 24.6 Å². The van der Waals surface area contributed by atoms with Crippen LogP contribution in [-0.4, -0.2) is 21.9 Å². The van der Waals surface area contributed by atoms with Crippen LogP contribution < -0.4 is 10.2 Å². The number of nitrogens with one attached hydrogen (secondary N) is 1. The molecule has 120 valence electrons. The highest BCUT2D eigenvalue weighted by molar-refractivity contribution is 5.93. The predicted molar refractivity (Wildman–Crippen MR) is 91.4 cm³/mol. The molecule has 1 aliphatic heterocycles. The number of aryl methyl sites for hydroxylation is 1. The summed E-state index contributed by atoms with van der Waals surface area (Å²) in [7, 11) is 0. The Morgan fingerprint density at radius 3 is 2.57 bits per heavy atom. The van der Waals surface area contributed by atoms with Crippen molar-refractivity contribution in [1.29, 1.82) is 0 Å². The Hall–Kier alpha value is -2.43. The van der Waals surface area contributed by atoms with Gasteiger partial charge in [-0.1, -0.05) is 25.1 Å². The molecule has 0 aliphatic carbocycles. The fraction of sp³-hybridized carbons (Fsp3) is 0.389. The van der Waals surface area contributed by atoms with E-state index >= 15 is 0 Å². The molecule has 5 heteroatoms. The molecule has 0 radical (unpaired) electrons. The topological polar surface area (TPSA) is 58.1 Å². The van der Waals surface area contributed by atoms with Gasteiger partial charge in [0.2, 0.25) is 5.91 Å². The van der Waals surface area contributed by atoms with Crippen molar-refractivity contribution in [1.82, 2.24) is 9.97 Å². The number of nitrogens with zero attached hydrogens (tertiary/aromatic N) is 3. The molecule has 1 unspecified atom stereocenters. The lowest BCUT2D eigenvalue weighted by Crippen LogP contribution is -2.48. The molecule has 3 rings (SSSR count). The van der Waals surface area contributed by atoms with Crippen molar-refractivity contribution < 1.29 is 4.79 Å². The van der Waals surface area contributed by atoms with Crippen molar-refractivity contribution in [2.24, 2.45) is 5.92 Å². The van der Waals surface area contributed by atoms with E-state index in [2.05, 4.69) is 35.2 Å². The van der Waals surface area contributed by atoms with Gasteiger partial charge in [-0.2, -0.15) is 0 Å². The summed E-state index contributed by atoms with van der Waals surface area (Å²) in [6.07, 6.45) is 3.51. The van der Waals surface area contributed by atoms with E-state index in [-0.39, 0.29) is 23.9 Å². The van der Waals surface area contributed by atoms with Crippen LogP contribution in [0.4, 0.5) is 11.5 Å². The number of benzene rings is 1. The van der Waals surface area contributed by atoms with Crippen LogP contribution in [0.1, 0.15) is 38.1 Å². The normalized spacial score (nSPS) is 23.3. The zero-order chi connectivity index (χ0) is 16.6. The lowest BCUT2D eigenvalue weighted by Gasteiger charge is -2.43. The summed E-state index contributed by atoms with van der Waals surface area (Å²) in [4.78, 5) is 22.7. The molecule has 0 spiro atoms. The van der Waals surface area contributed by atoms with E-state index < -0.39 is 0 Å². The Kier molecular flexibility index (Phi) is 4.03. The van der Waals surface area contributed by atoms with Gasteiger partial charge in [-0.15, -0.1) is 0 Å². The lowest BCUT2D eigenvalue weighted by molar-refractivity contribution is -0.117. The molecular formula is C18H22N4O. The number of anilines is 2. The van der Waals surface area contributed by atoms with Crippen LogP contribution in [-0.2, 0) is 4.79 Å². The van der Waals surface area contributed by atoms with Gasteiger partial charge in [-0.25, -0.2) is 4.98 Å². The molecule has 2 aromatic rings. The van der Waals surface area contributed by atoms with Crippen LogP contribution >= 0.6 is 0 Å². The fourth-order valence-electron chi connectivity index (χ4n) is 3.28. The number of carbonyl (C=O) groups is 1. The highest BCUT2D eigenvalue weighted by Crippen LogP contribution is 2.41. The summed E-state index contributed by atoms with van der Waals surface area (Å²) in [6, 6.07) is 8.27. The van der Waals surface area contributed by atoms with Gasteiger partial charge in [0.05, 0.1) is 24.1 Å². The SMILES string of the molecule is CC(=O)N1c2ccccc2C(Nc2cnc(C)cn2)[C@@H](C)[C@@H]1C. The molecule has 0 saturated carbocycles. The van der Waals surface area contributed by atoms with Gasteiger partial charge in [-0.3, -0.25) is 9.78 Å². The minimum absolute atomic E-state index is 0.0744. The zero-order valence-corrected chi connectivity index (χ0v) is 13.9. The highest BCUT2D eigenvalue weighted by atomic mass is 16.2. The first kappa shape index (κ1) is 15.5. The lowest BCUT2D eigenvalue weighted by atomic mass is 9.83. The molecule has 3 atom stereocenters. The van der Waals surface area contributed by atoms with E-state index in [1.165, 1.54) is 0 Å². The Morgan fingerprint density at radius 1 is 1.17 bits per heavy atom. The maximum atomic E-state index is 12.1. The first-order valence-corrected chi connectivity index (χ1v) is 7.93. The number of aromatic nitrogens is 2. The average molecular weight is 310 g/mol. The van der Waals surface area contributed by atoms with Crippen LogP contribution in [0.15, 0.2) is 36.7 Å². The minimum atomic E-state index is 0.0744. The number of para-hydroxylation sites is 1. The van der Waals surface area contributed by atoms with E-state index in [1.54, 1.807) is 19.3 Å². The largest absolute Gasteiger partial charge is 0.362 e. The molecule has 2 heterocycles. The van der Waals surface area contributed by atoms with Crippen molar-refractivity contribution in [3.05, 3.63) is 47.9 Å². The molecule has 1 N–H and O–H groups in total. The molecule has 1 aromatic carbocycles. The third-order valence-corrected chi connectivity index (χ3v) is 4.65. The molecule has 23 heavy (non-hydrogen) atoms. The summed E-state index contributed by atoms with van der Waals surface area (Å²) < 4.78 is 0. The van der Waals surface area contributed by atoms with Crippen molar-refractivity contribution in [2.45, 2.75) is 39.8 Å². The predicted octanol–water partition coefficient (Wildman–Crippen LogP) is 3.33. The second-order valence-corrected chi connectivity index (χ2v) is 6.21. The fourth-order valence-corrected chi connectivity index (χ4v) is 3.28. The quantitative estimate of drug-likeness (QED) is 0.924. The molecule has 5 nitrogen and oxygen atoms in total. The van der Waals surface area contributed by atoms with Gasteiger partial charge < -0.3 is 10.2 Å². The summed E-state index contributed by atoms with van der Waals surface area (Å²) in [5.41, 5.74) is 2.99. The van der Waals surface area contributed by atoms with Crippen molar-refractivity contribution >= 4 is 17.4 Å². The number of amides is 1. The molecule has 0 saturated heterocycles. The van der Waals surface area contributed by atoms with E-state index in [4.69, 9.17) is 0 Å².